The average Bonchev–Trinajstić information content (AvgIpc) is 3.19. The Balaban J connectivity index is 1.71. The molecule has 3 nitrogen and oxygen atoms in total. The fraction of sp³-hybridized carbons (Fsp3) is 1.00. The van der Waals surface area contributed by atoms with E-state index in [1.54, 1.807) is 0 Å². The molecule has 1 aliphatic heterocycles. The molecule has 2 atom stereocenters. The van der Waals surface area contributed by atoms with Crippen LogP contribution in [0.3, 0.4) is 0 Å². The number of hydrogen-bond acceptors (Lipinski definition) is 3. The van der Waals surface area contributed by atoms with Crippen LogP contribution >= 0.6 is 0 Å². The van der Waals surface area contributed by atoms with Crippen molar-refractivity contribution in [2.24, 2.45) is 5.92 Å². The Hall–Kier alpha value is -0.120. The molecule has 1 aliphatic carbocycles. The molecule has 0 amide bonds. The van der Waals surface area contributed by atoms with Gasteiger partial charge in [0.1, 0.15) is 0 Å². The lowest BCUT2D eigenvalue weighted by Gasteiger charge is -2.33. The van der Waals surface area contributed by atoms with Gasteiger partial charge in [0.2, 0.25) is 0 Å². The minimum atomic E-state index is 0.706. The van der Waals surface area contributed by atoms with Gasteiger partial charge in [-0.3, -0.25) is 0 Å². The zero-order valence-electron chi connectivity index (χ0n) is 12.2. The predicted octanol–water partition coefficient (Wildman–Crippen LogP) is 2.27. The second-order valence-corrected chi connectivity index (χ2v) is 6.15. The highest BCUT2D eigenvalue weighted by molar-refractivity contribution is 4.84. The first-order chi connectivity index (χ1) is 8.79. The highest BCUT2D eigenvalue weighted by atomic mass is 16.5. The van der Waals surface area contributed by atoms with Gasteiger partial charge >= 0.3 is 0 Å². The van der Waals surface area contributed by atoms with Crippen molar-refractivity contribution in [2.45, 2.75) is 57.5 Å². The molecular weight excluding hydrogens is 224 g/mol. The summed E-state index contributed by atoms with van der Waals surface area (Å²) < 4.78 is 5.59. The van der Waals surface area contributed by atoms with Gasteiger partial charge in [-0.15, -0.1) is 0 Å². The maximum absolute atomic E-state index is 5.59. The van der Waals surface area contributed by atoms with Gasteiger partial charge in [-0.2, -0.15) is 0 Å². The average molecular weight is 254 g/mol. The number of ether oxygens (including phenoxy) is 1. The van der Waals surface area contributed by atoms with Gasteiger partial charge in [-0.1, -0.05) is 13.3 Å². The van der Waals surface area contributed by atoms with Gasteiger partial charge in [0.25, 0.3) is 0 Å². The summed E-state index contributed by atoms with van der Waals surface area (Å²) in [6.45, 7) is 6.61. The topological polar surface area (TPSA) is 24.5 Å². The molecule has 1 N–H and O–H groups in total. The molecule has 1 heterocycles. The molecule has 0 aromatic heterocycles. The third-order valence-electron chi connectivity index (χ3n) is 4.27. The third-order valence-corrected chi connectivity index (χ3v) is 4.27. The zero-order chi connectivity index (χ0) is 12.8. The van der Waals surface area contributed by atoms with Crippen LogP contribution in [0.15, 0.2) is 0 Å². The van der Waals surface area contributed by atoms with Crippen molar-refractivity contribution in [3.05, 3.63) is 0 Å². The second-order valence-electron chi connectivity index (χ2n) is 6.15. The Morgan fingerprint density at radius 3 is 2.78 bits per heavy atom. The van der Waals surface area contributed by atoms with Gasteiger partial charge < -0.3 is 15.0 Å². The Kier molecular flexibility index (Phi) is 5.93. The molecule has 3 heteroatoms. The van der Waals surface area contributed by atoms with Gasteiger partial charge in [-0.05, 0) is 45.1 Å². The molecule has 1 saturated carbocycles. The summed E-state index contributed by atoms with van der Waals surface area (Å²) >= 11 is 0. The van der Waals surface area contributed by atoms with Crippen molar-refractivity contribution in [3.8, 4) is 0 Å². The van der Waals surface area contributed by atoms with E-state index in [2.05, 4.69) is 24.2 Å². The predicted molar refractivity (Wildman–Crippen MR) is 75.9 cm³/mol. The summed E-state index contributed by atoms with van der Waals surface area (Å²) in [4.78, 5) is 2.57. The van der Waals surface area contributed by atoms with Crippen LogP contribution in [-0.2, 0) is 4.74 Å². The normalized spacial score (nSPS) is 26.5. The van der Waals surface area contributed by atoms with Gasteiger partial charge in [0.05, 0.1) is 6.61 Å². The molecule has 18 heavy (non-hydrogen) atoms. The van der Waals surface area contributed by atoms with Crippen LogP contribution in [0.1, 0.15) is 45.4 Å². The van der Waals surface area contributed by atoms with Gasteiger partial charge in [0, 0.05) is 31.8 Å². The van der Waals surface area contributed by atoms with Gasteiger partial charge in [0.15, 0.2) is 0 Å². The largest absolute Gasteiger partial charge is 0.381 e. The van der Waals surface area contributed by atoms with Crippen LogP contribution in [0.5, 0.6) is 0 Å². The van der Waals surface area contributed by atoms with Crippen LogP contribution in [0.4, 0.5) is 0 Å². The van der Waals surface area contributed by atoms with E-state index in [0.717, 1.165) is 25.2 Å². The highest BCUT2D eigenvalue weighted by Crippen LogP contribution is 2.20. The zero-order valence-corrected chi connectivity index (χ0v) is 12.2. The number of rotatable bonds is 8. The first kappa shape index (κ1) is 14.3. The second kappa shape index (κ2) is 7.46. The Morgan fingerprint density at radius 1 is 1.33 bits per heavy atom. The third kappa shape index (κ3) is 4.87. The number of nitrogens with one attached hydrogen (secondary N) is 1. The molecule has 0 bridgehead atoms. The smallest absolute Gasteiger partial charge is 0.0506 e. The van der Waals surface area contributed by atoms with Crippen molar-refractivity contribution in [2.75, 3.05) is 33.4 Å². The summed E-state index contributed by atoms with van der Waals surface area (Å²) in [5, 5.41) is 3.69. The van der Waals surface area contributed by atoms with E-state index in [-0.39, 0.29) is 0 Å². The Labute approximate surface area is 112 Å². The minimum Gasteiger partial charge on any atom is -0.381 e. The molecule has 0 radical (unpaired) electrons. The van der Waals surface area contributed by atoms with Crippen LogP contribution in [0.2, 0.25) is 0 Å². The van der Waals surface area contributed by atoms with Crippen LogP contribution < -0.4 is 5.32 Å². The summed E-state index contributed by atoms with van der Waals surface area (Å²) in [7, 11) is 2.30. The maximum atomic E-state index is 5.59. The van der Waals surface area contributed by atoms with E-state index in [1.165, 1.54) is 51.6 Å². The summed E-state index contributed by atoms with van der Waals surface area (Å²) in [5.41, 5.74) is 0. The molecule has 2 fully saturated rings. The van der Waals surface area contributed by atoms with E-state index in [1.807, 2.05) is 0 Å². The van der Waals surface area contributed by atoms with Crippen molar-refractivity contribution < 1.29 is 4.74 Å². The van der Waals surface area contributed by atoms with Crippen molar-refractivity contribution >= 4 is 0 Å². The van der Waals surface area contributed by atoms with Crippen molar-refractivity contribution in [3.63, 3.8) is 0 Å². The lowest BCUT2D eigenvalue weighted by molar-refractivity contribution is 0.0354. The maximum Gasteiger partial charge on any atom is 0.0506 e. The highest BCUT2D eigenvalue weighted by Gasteiger charge is 2.24. The standard InChI is InChI=1S/C15H30N2O/c1-3-5-15(10-16-14-7-8-14)17(2)11-13-6-4-9-18-12-13/h13-16H,3-12H2,1-2H3. The van der Waals surface area contributed by atoms with Crippen LogP contribution in [-0.4, -0.2) is 50.3 Å². The van der Waals surface area contributed by atoms with Crippen LogP contribution in [0.25, 0.3) is 0 Å². The lowest BCUT2D eigenvalue weighted by atomic mass is 10.0. The number of likely N-dealkylation sites (N-methyl/N-ethyl adjacent to an activating group) is 1. The molecule has 1 saturated heterocycles. The SMILES string of the molecule is CCCC(CNC1CC1)N(C)CC1CCCOC1. The van der Waals surface area contributed by atoms with Crippen LogP contribution in [0, 0.1) is 5.92 Å². The molecule has 2 rings (SSSR count). The first-order valence-corrected chi connectivity index (χ1v) is 7.81. The quantitative estimate of drug-likeness (QED) is 0.719. The van der Waals surface area contributed by atoms with E-state index in [4.69, 9.17) is 4.74 Å². The van der Waals surface area contributed by atoms with E-state index >= 15 is 0 Å². The fourth-order valence-electron chi connectivity index (χ4n) is 2.91. The molecule has 2 unspecified atom stereocenters. The monoisotopic (exact) mass is 254 g/mol. The first-order valence-electron chi connectivity index (χ1n) is 7.81. The minimum absolute atomic E-state index is 0.706. The molecule has 0 spiro atoms. The van der Waals surface area contributed by atoms with E-state index in [0.29, 0.717) is 6.04 Å². The number of nitrogens with zero attached hydrogens (tertiary/aromatic N) is 1. The molecule has 2 aliphatic rings. The van der Waals surface area contributed by atoms with Crippen molar-refractivity contribution in [1.29, 1.82) is 0 Å². The van der Waals surface area contributed by atoms with Gasteiger partial charge in [-0.25, -0.2) is 0 Å². The lowest BCUT2D eigenvalue weighted by Crippen LogP contribution is -2.43. The van der Waals surface area contributed by atoms with Crippen molar-refractivity contribution in [1.82, 2.24) is 10.2 Å². The number of hydrogen-bond donors (Lipinski definition) is 1. The molecular formula is C15H30N2O. The molecule has 0 aromatic carbocycles. The fourth-order valence-corrected chi connectivity index (χ4v) is 2.91. The Bertz CT molecular complexity index is 225. The molecule has 106 valence electrons. The Morgan fingerprint density at radius 2 is 2.17 bits per heavy atom. The molecule has 0 aromatic rings. The van der Waals surface area contributed by atoms with E-state index < -0.39 is 0 Å². The summed E-state index contributed by atoms with van der Waals surface area (Å²) in [6, 6.07) is 1.54. The summed E-state index contributed by atoms with van der Waals surface area (Å²) in [5.74, 6) is 0.754. The van der Waals surface area contributed by atoms with E-state index in [9.17, 15) is 0 Å². The summed E-state index contributed by atoms with van der Waals surface area (Å²) in [6.07, 6.45) is 7.96.